The van der Waals surface area contributed by atoms with E-state index in [0.717, 1.165) is 18.7 Å². The first-order valence-corrected chi connectivity index (χ1v) is 7.90. The van der Waals surface area contributed by atoms with Crippen molar-refractivity contribution in [2.75, 3.05) is 11.9 Å². The Hall–Kier alpha value is -1.94. The van der Waals surface area contributed by atoms with E-state index >= 15 is 0 Å². The first kappa shape index (κ1) is 16.4. The standard InChI is InChI=1S/C18H23N3S/c1-18(2,3)15-6-8-16(9-7-15)21-17(22)20-12-10-14-5-4-11-19-13-14/h4-9,11,13H,10,12H2,1-3H3,(H2,20,21,22). The Labute approximate surface area is 138 Å². The summed E-state index contributed by atoms with van der Waals surface area (Å²) in [6.45, 7) is 7.41. The molecule has 0 aliphatic rings. The molecule has 0 aliphatic heterocycles. The number of nitrogens with zero attached hydrogens (tertiary/aromatic N) is 1. The molecular weight excluding hydrogens is 290 g/mol. The highest BCUT2D eigenvalue weighted by atomic mass is 32.1. The molecule has 0 fully saturated rings. The number of thiocarbonyl (C=S) groups is 1. The maximum absolute atomic E-state index is 5.32. The fourth-order valence-corrected chi connectivity index (χ4v) is 2.32. The molecule has 0 spiro atoms. The molecule has 4 heteroatoms. The van der Waals surface area contributed by atoms with Gasteiger partial charge >= 0.3 is 0 Å². The average molecular weight is 313 g/mol. The fourth-order valence-electron chi connectivity index (χ4n) is 2.10. The lowest BCUT2D eigenvalue weighted by Gasteiger charge is -2.19. The predicted molar refractivity (Wildman–Crippen MR) is 97.3 cm³/mol. The van der Waals surface area contributed by atoms with Crippen LogP contribution in [0, 0.1) is 0 Å². The van der Waals surface area contributed by atoms with Crippen LogP contribution in [0.3, 0.4) is 0 Å². The van der Waals surface area contributed by atoms with Crippen molar-refractivity contribution in [2.45, 2.75) is 32.6 Å². The predicted octanol–water partition coefficient (Wildman–Crippen LogP) is 3.91. The van der Waals surface area contributed by atoms with Crippen LogP contribution in [0.4, 0.5) is 5.69 Å². The molecule has 0 radical (unpaired) electrons. The van der Waals surface area contributed by atoms with Crippen molar-refractivity contribution in [1.82, 2.24) is 10.3 Å². The van der Waals surface area contributed by atoms with Crippen LogP contribution in [-0.4, -0.2) is 16.6 Å². The van der Waals surface area contributed by atoms with Crippen LogP contribution < -0.4 is 10.6 Å². The molecule has 3 nitrogen and oxygen atoms in total. The van der Waals surface area contributed by atoms with Gasteiger partial charge in [0.25, 0.3) is 0 Å². The zero-order valence-corrected chi connectivity index (χ0v) is 14.2. The smallest absolute Gasteiger partial charge is 0.170 e. The lowest BCUT2D eigenvalue weighted by molar-refractivity contribution is 0.590. The second kappa shape index (κ2) is 7.36. The Morgan fingerprint density at radius 1 is 1.14 bits per heavy atom. The van der Waals surface area contributed by atoms with Gasteiger partial charge in [0.05, 0.1) is 0 Å². The van der Waals surface area contributed by atoms with Crippen molar-refractivity contribution in [3.63, 3.8) is 0 Å². The lowest BCUT2D eigenvalue weighted by atomic mass is 9.87. The van der Waals surface area contributed by atoms with Gasteiger partial charge in [0, 0.05) is 24.6 Å². The van der Waals surface area contributed by atoms with Crippen LogP contribution in [0.15, 0.2) is 48.8 Å². The van der Waals surface area contributed by atoms with E-state index < -0.39 is 0 Å². The molecule has 116 valence electrons. The van der Waals surface area contributed by atoms with Gasteiger partial charge in [-0.2, -0.15) is 0 Å². The van der Waals surface area contributed by atoms with E-state index in [0.29, 0.717) is 5.11 Å². The Morgan fingerprint density at radius 2 is 1.86 bits per heavy atom. The average Bonchev–Trinajstić information content (AvgIpc) is 2.48. The van der Waals surface area contributed by atoms with E-state index in [1.165, 1.54) is 11.1 Å². The minimum absolute atomic E-state index is 0.168. The molecule has 0 aliphatic carbocycles. The summed E-state index contributed by atoms with van der Waals surface area (Å²) in [6.07, 6.45) is 4.56. The number of rotatable bonds is 4. The van der Waals surface area contributed by atoms with Crippen LogP contribution in [0.1, 0.15) is 31.9 Å². The molecule has 0 bridgehead atoms. The first-order valence-electron chi connectivity index (χ1n) is 7.49. The second-order valence-electron chi connectivity index (χ2n) is 6.32. The minimum atomic E-state index is 0.168. The number of hydrogen-bond acceptors (Lipinski definition) is 2. The molecule has 1 aromatic heterocycles. The van der Waals surface area contributed by atoms with Gasteiger partial charge in [-0.3, -0.25) is 4.98 Å². The highest BCUT2D eigenvalue weighted by Gasteiger charge is 2.12. The number of aromatic nitrogens is 1. The van der Waals surface area contributed by atoms with E-state index in [2.05, 4.69) is 66.7 Å². The Bertz CT molecular complexity index is 600. The summed E-state index contributed by atoms with van der Waals surface area (Å²) < 4.78 is 0. The SMILES string of the molecule is CC(C)(C)c1ccc(NC(=S)NCCc2cccnc2)cc1. The zero-order valence-electron chi connectivity index (χ0n) is 13.4. The summed E-state index contributed by atoms with van der Waals surface area (Å²) >= 11 is 5.32. The Morgan fingerprint density at radius 3 is 2.45 bits per heavy atom. The molecule has 2 rings (SSSR count). The van der Waals surface area contributed by atoms with Crippen molar-refractivity contribution in [3.8, 4) is 0 Å². The van der Waals surface area contributed by atoms with Crippen LogP contribution in [0.2, 0.25) is 0 Å². The highest BCUT2D eigenvalue weighted by molar-refractivity contribution is 7.80. The first-order chi connectivity index (χ1) is 10.4. The molecule has 0 saturated heterocycles. The summed E-state index contributed by atoms with van der Waals surface area (Å²) in [5, 5.41) is 7.07. The Kier molecular flexibility index (Phi) is 5.50. The molecule has 2 N–H and O–H groups in total. The van der Waals surface area contributed by atoms with Crippen molar-refractivity contribution in [1.29, 1.82) is 0 Å². The van der Waals surface area contributed by atoms with Crippen LogP contribution >= 0.6 is 12.2 Å². The van der Waals surface area contributed by atoms with Gasteiger partial charge < -0.3 is 10.6 Å². The van der Waals surface area contributed by atoms with Gasteiger partial charge in [0.1, 0.15) is 0 Å². The quantitative estimate of drug-likeness (QED) is 0.839. The summed E-state index contributed by atoms with van der Waals surface area (Å²) in [6, 6.07) is 12.4. The third-order valence-electron chi connectivity index (χ3n) is 3.43. The van der Waals surface area contributed by atoms with Gasteiger partial charge in [0.15, 0.2) is 5.11 Å². The maximum Gasteiger partial charge on any atom is 0.170 e. The minimum Gasteiger partial charge on any atom is -0.362 e. The summed E-state index contributed by atoms with van der Waals surface area (Å²) in [5.41, 5.74) is 3.69. The molecule has 0 atom stereocenters. The topological polar surface area (TPSA) is 37.0 Å². The third-order valence-corrected chi connectivity index (χ3v) is 3.68. The van der Waals surface area contributed by atoms with Gasteiger partial charge in [-0.25, -0.2) is 0 Å². The van der Waals surface area contributed by atoms with Crippen molar-refractivity contribution < 1.29 is 0 Å². The van der Waals surface area contributed by atoms with Gasteiger partial charge in [0.2, 0.25) is 0 Å². The zero-order chi connectivity index (χ0) is 16.0. The molecule has 1 aromatic carbocycles. The van der Waals surface area contributed by atoms with E-state index in [-0.39, 0.29) is 5.41 Å². The number of nitrogens with one attached hydrogen (secondary N) is 2. The second-order valence-corrected chi connectivity index (χ2v) is 6.73. The largest absolute Gasteiger partial charge is 0.362 e. The van der Waals surface area contributed by atoms with Gasteiger partial charge in [-0.1, -0.05) is 39.0 Å². The lowest BCUT2D eigenvalue weighted by Crippen LogP contribution is -2.30. The summed E-state index contributed by atoms with van der Waals surface area (Å²) in [7, 11) is 0. The monoisotopic (exact) mass is 313 g/mol. The Balaban J connectivity index is 1.79. The van der Waals surface area contributed by atoms with E-state index in [1.54, 1.807) is 6.20 Å². The van der Waals surface area contributed by atoms with Gasteiger partial charge in [-0.05, 0) is 53.4 Å². The van der Waals surface area contributed by atoms with Crippen molar-refractivity contribution in [3.05, 3.63) is 59.9 Å². The van der Waals surface area contributed by atoms with Crippen LogP contribution in [-0.2, 0) is 11.8 Å². The molecule has 2 aromatic rings. The maximum atomic E-state index is 5.32. The number of hydrogen-bond donors (Lipinski definition) is 2. The number of benzene rings is 1. The van der Waals surface area contributed by atoms with E-state index in [4.69, 9.17) is 12.2 Å². The van der Waals surface area contributed by atoms with E-state index in [1.807, 2.05) is 12.3 Å². The van der Waals surface area contributed by atoms with Crippen molar-refractivity contribution in [2.24, 2.45) is 0 Å². The van der Waals surface area contributed by atoms with E-state index in [9.17, 15) is 0 Å². The third kappa shape index (κ3) is 5.11. The summed E-state index contributed by atoms with van der Waals surface area (Å²) in [5.74, 6) is 0. The van der Waals surface area contributed by atoms with Crippen LogP contribution in [0.25, 0.3) is 0 Å². The molecule has 0 saturated carbocycles. The van der Waals surface area contributed by atoms with Gasteiger partial charge in [-0.15, -0.1) is 0 Å². The summed E-state index contributed by atoms with van der Waals surface area (Å²) in [4.78, 5) is 4.10. The molecule has 1 heterocycles. The molecule has 0 amide bonds. The van der Waals surface area contributed by atoms with Crippen molar-refractivity contribution >= 4 is 23.0 Å². The molecule has 0 unspecified atom stereocenters. The number of anilines is 1. The van der Waals surface area contributed by atoms with Crippen LogP contribution in [0.5, 0.6) is 0 Å². The highest BCUT2D eigenvalue weighted by Crippen LogP contribution is 2.23. The fraction of sp³-hybridized carbons (Fsp3) is 0.333. The number of pyridine rings is 1. The normalized spacial score (nSPS) is 11.0. The molecular formula is C18H23N3S. The molecule has 22 heavy (non-hydrogen) atoms.